The van der Waals surface area contributed by atoms with Crippen LogP contribution < -0.4 is 15.5 Å². The molecular formula is C15H23FN4. The summed E-state index contributed by atoms with van der Waals surface area (Å²) >= 11 is 0. The second-order valence-electron chi connectivity index (χ2n) is 5.83. The molecule has 4 nitrogen and oxygen atoms in total. The molecule has 1 aromatic heterocycles. The van der Waals surface area contributed by atoms with Crippen molar-refractivity contribution in [1.29, 1.82) is 0 Å². The zero-order valence-corrected chi connectivity index (χ0v) is 11.9. The smallest absolute Gasteiger partial charge is 0.128 e. The number of hydrogen-bond donors (Lipinski definition) is 2. The Morgan fingerprint density at radius 1 is 1.30 bits per heavy atom. The van der Waals surface area contributed by atoms with Crippen LogP contribution >= 0.6 is 0 Å². The van der Waals surface area contributed by atoms with Crippen LogP contribution in [0.1, 0.15) is 25.0 Å². The molecular weight excluding hydrogens is 255 g/mol. The lowest BCUT2D eigenvalue weighted by Gasteiger charge is -2.32. The molecule has 0 unspecified atom stereocenters. The maximum Gasteiger partial charge on any atom is 0.128 e. The summed E-state index contributed by atoms with van der Waals surface area (Å²) in [5, 5.41) is 6.43. The van der Waals surface area contributed by atoms with Gasteiger partial charge in [0.25, 0.3) is 0 Å². The molecule has 1 aromatic rings. The summed E-state index contributed by atoms with van der Waals surface area (Å²) in [6.07, 6.45) is 2.45. The van der Waals surface area contributed by atoms with E-state index < -0.39 is 5.67 Å². The van der Waals surface area contributed by atoms with E-state index in [1.54, 1.807) is 0 Å². The van der Waals surface area contributed by atoms with E-state index in [1.165, 1.54) is 6.42 Å². The van der Waals surface area contributed by atoms with Crippen molar-refractivity contribution in [3.63, 3.8) is 0 Å². The number of piperidine rings is 1. The molecule has 2 aliphatic rings. The summed E-state index contributed by atoms with van der Waals surface area (Å²) in [5.41, 5.74) is -0.0627. The predicted octanol–water partition coefficient (Wildman–Crippen LogP) is 1.47. The first-order chi connectivity index (χ1) is 9.75. The van der Waals surface area contributed by atoms with Crippen LogP contribution in [0.3, 0.4) is 0 Å². The highest BCUT2D eigenvalue weighted by atomic mass is 19.1. The summed E-state index contributed by atoms with van der Waals surface area (Å²) in [5.74, 6) is 1.05. The van der Waals surface area contributed by atoms with Crippen molar-refractivity contribution in [1.82, 2.24) is 15.6 Å². The van der Waals surface area contributed by atoms with Crippen molar-refractivity contribution >= 4 is 5.82 Å². The van der Waals surface area contributed by atoms with Crippen molar-refractivity contribution in [2.45, 2.75) is 31.5 Å². The van der Waals surface area contributed by atoms with Crippen molar-refractivity contribution < 1.29 is 4.39 Å². The van der Waals surface area contributed by atoms with Gasteiger partial charge >= 0.3 is 0 Å². The van der Waals surface area contributed by atoms with E-state index in [0.717, 1.165) is 37.7 Å². The molecule has 0 amide bonds. The Hall–Kier alpha value is -1.20. The predicted molar refractivity (Wildman–Crippen MR) is 78.7 cm³/mol. The number of rotatable bonds is 5. The Morgan fingerprint density at radius 3 is 2.80 bits per heavy atom. The Labute approximate surface area is 119 Å². The molecule has 110 valence electrons. The normalized spacial score (nSPS) is 21.6. The van der Waals surface area contributed by atoms with Gasteiger partial charge in [0.05, 0.1) is 5.69 Å². The molecule has 0 bridgehead atoms. The van der Waals surface area contributed by atoms with Gasteiger partial charge in [-0.05, 0) is 44.5 Å². The maximum absolute atomic E-state index is 14.4. The number of hydrogen-bond acceptors (Lipinski definition) is 4. The summed E-state index contributed by atoms with van der Waals surface area (Å²) in [4.78, 5) is 6.90. The van der Waals surface area contributed by atoms with Crippen LogP contribution in [0.25, 0.3) is 0 Å². The quantitative estimate of drug-likeness (QED) is 0.856. The van der Waals surface area contributed by atoms with Gasteiger partial charge in [-0.25, -0.2) is 9.37 Å². The summed E-state index contributed by atoms with van der Waals surface area (Å²) < 4.78 is 14.4. The van der Waals surface area contributed by atoms with Gasteiger partial charge in [-0.3, -0.25) is 0 Å². The van der Waals surface area contributed by atoms with Gasteiger partial charge in [-0.15, -0.1) is 0 Å². The number of nitrogens with zero attached hydrogens (tertiary/aromatic N) is 2. The minimum absolute atomic E-state index is 0.421. The number of halogens is 1. The lowest BCUT2D eigenvalue weighted by atomic mass is 9.94. The third-order valence-corrected chi connectivity index (χ3v) is 4.22. The lowest BCUT2D eigenvalue weighted by Crippen LogP contribution is -2.45. The molecule has 0 aromatic carbocycles. The van der Waals surface area contributed by atoms with E-state index in [-0.39, 0.29) is 0 Å². The van der Waals surface area contributed by atoms with E-state index >= 15 is 0 Å². The lowest BCUT2D eigenvalue weighted by molar-refractivity contribution is 0.113. The average molecular weight is 278 g/mol. The molecule has 0 saturated carbocycles. The van der Waals surface area contributed by atoms with E-state index in [1.807, 2.05) is 18.2 Å². The molecule has 2 saturated heterocycles. The van der Waals surface area contributed by atoms with E-state index in [9.17, 15) is 4.39 Å². The third kappa shape index (κ3) is 3.27. The highest BCUT2D eigenvalue weighted by molar-refractivity contribution is 5.41. The van der Waals surface area contributed by atoms with Crippen LogP contribution in [0.15, 0.2) is 18.2 Å². The van der Waals surface area contributed by atoms with Crippen LogP contribution in [0.4, 0.5) is 10.2 Å². The molecule has 2 fully saturated rings. The first-order valence-corrected chi connectivity index (χ1v) is 7.56. The zero-order chi connectivity index (χ0) is 13.8. The van der Waals surface area contributed by atoms with Gasteiger partial charge < -0.3 is 15.5 Å². The zero-order valence-electron chi connectivity index (χ0n) is 11.9. The summed E-state index contributed by atoms with van der Waals surface area (Å²) in [6.45, 7) is 4.82. The monoisotopic (exact) mass is 278 g/mol. The number of nitrogens with one attached hydrogen (secondary N) is 2. The third-order valence-electron chi connectivity index (χ3n) is 4.22. The highest BCUT2D eigenvalue weighted by Crippen LogP contribution is 2.22. The fourth-order valence-electron chi connectivity index (χ4n) is 2.75. The van der Waals surface area contributed by atoms with Gasteiger partial charge in [-0.2, -0.15) is 0 Å². The minimum atomic E-state index is -1.06. The molecule has 0 spiro atoms. The molecule has 2 N–H and O–H groups in total. The van der Waals surface area contributed by atoms with E-state index in [4.69, 9.17) is 0 Å². The molecule has 2 aliphatic heterocycles. The van der Waals surface area contributed by atoms with E-state index in [0.29, 0.717) is 25.9 Å². The second kappa shape index (κ2) is 6.06. The number of alkyl halides is 1. The maximum atomic E-state index is 14.4. The largest absolute Gasteiger partial charge is 0.356 e. The molecule has 0 atom stereocenters. The second-order valence-corrected chi connectivity index (χ2v) is 5.83. The summed E-state index contributed by atoms with van der Waals surface area (Å²) in [6, 6.07) is 6.09. The SMILES string of the molecule is FC1(CNCc2cccc(N3CCC3)n2)CCNCC1. The van der Waals surface area contributed by atoms with Gasteiger partial charge in [0, 0.05) is 26.2 Å². The summed E-state index contributed by atoms with van der Waals surface area (Å²) in [7, 11) is 0. The topological polar surface area (TPSA) is 40.2 Å². The van der Waals surface area contributed by atoms with Gasteiger partial charge in [0.2, 0.25) is 0 Å². The number of pyridine rings is 1. The van der Waals surface area contributed by atoms with Crippen molar-refractivity contribution in [2.75, 3.05) is 37.6 Å². The molecule has 20 heavy (non-hydrogen) atoms. The highest BCUT2D eigenvalue weighted by Gasteiger charge is 2.30. The van der Waals surface area contributed by atoms with Crippen molar-refractivity contribution in [3.8, 4) is 0 Å². The molecule has 3 rings (SSSR count). The Kier molecular flexibility index (Phi) is 4.17. The van der Waals surface area contributed by atoms with Gasteiger partial charge in [0.1, 0.15) is 11.5 Å². The number of anilines is 1. The molecule has 5 heteroatoms. The Bertz CT molecular complexity index is 441. The molecule has 3 heterocycles. The van der Waals surface area contributed by atoms with Crippen LogP contribution in [-0.4, -0.2) is 43.4 Å². The van der Waals surface area contributed by atoms with Crippen molar-refractivity contribution in [3.05, 3.63) is 23.9 Å². The molecule has 0 radical (unpaired) electrons. The first-order valence-electron chi connectivity index (χ1n) is 7.56. The average Bonchev–Trinajstić information content (AvgIpc) is 2.38. The van der Waals surface area contributed by atoms with Crippen LogP contribution in [0.2, 0.25) is 0 Å². The van der Waals surface area contributed by atoms with Gasteiger partial charge in [-0.1, -0.05) is 6.07 Å². The molecule has 0 aliphatic carbocycles. The standard InChI is InChI=1S/C15H23FN4/c16-15(5-7-17-8-6-15)12-18-11-13-3-1-4-14(19-13)20-9-2-10-20/h1,3-4,17-18H,2,5-12H2. The Morgan fingerprint density at radius 2 is 2.10 bits per heavy atom. The van der Waals surface area contributed by atoms with E-state index in [2.05, 4.69) is 20.5 Å². The number of aromatic nitrogens is 1. The van der Waals surface area contributed by atoms with Crippen LogP contribution in [0.5, 0.6) is 0 Å². The van der Waals surface area contributed by atoms with Crippen LogP contribution in [-0.2, 0) is 6.54 Å². The first kappa shape index (κ1) is 13.8. The Balaban J connectivity index is 1.50. The fourth-order valence-corrected chi connectivity index (χ4v) is 2.75. The van der Waals surface area contributed by atoms with Gasteiger partial charge in [0.15, 0.2) is 0 Å². The van der Waals surface area contributed by atoms with Crippen molar-refractivity contribution in [2.24, 2.45) is 0 Å². The minimum Gasteiger partial charge on any atom is -0.356 e. The fraction of sp³-hybridized carbons (Fsp3) is 0.667. The van der Waals surface area contributed by atoms with Crippen LogP contribution in [0, 0.1) is 0 Å².